The quantitative estimate of drug-likeness (QED) is 0.885. The first-order chi connectivity index (χ1) is 9.12. The van der Waals surface area contributed by atoms with Crippen molar-refractivity contribution in [3.8, 4) is 5.75 Å². The summed E-state index contributed by atoms with van der Waals surface area (Å²) in [6.07, 6.45) is 7.76. The van der Waals surface area contributed by atoms with Gasteiger partial charge in [-0.15, -0.1) is 0 Å². The average molecular weight is 324 g/mol. The molecular formula is C16H22BrNO. The smallest absolute Gasteiger partial charge is 0.133 e. The molecule has 2 fully saturated rings. The molecule has 2 N–H and O–H groups in total. The van der Waals surface area contributed by atoms with Gasteiger partial charge in [-0.25, -0.2) is 0 Å². The molecule has 2 saturated carbocycles. The Bertz CT molecular complexity index is 468. The van der Waals surface area contributed by atoms with Gasteiger partial charge in [0.1, 0.15) is 11.9 Å². The van der Waals surface area contributed by atoms with Gasteiger partial charge < -0.3 is 10.5 Å². The molecule has 0 amide bonds. The summed E-state index contributed by atoms with van der Waals surface area (Å²) in [5.74, 6) is 0.965. The summed E-state index contributed by atoms with van der Waals surface area (Å²) in [6, 6.07) is 6.62. The van der Waals surface area contributed by atoms with Gasteiger partial charge in [-0.1, -0.05) is 25.3 Å². The molecule has 1 spiro atoms. The maximum Gasteiger partial charge on any atom is 0.133 e. The molecule has 0 aromatic heterocycles. The van der Waals surface area contributed by atoms with Gasteiger partial charge in [0.05, 0.1) is 4.47 Å². The first-order valence-electron chi connectivity index (χ1n) is 7.30. The van der Waals surface area contributed by atoms with Crippen molar-refractivity contribution in [2.75, 3.05) is 0 Å². The van der Waals surface area contributed by atoms with Crippen LogP contribution in [0.2, 0.25) is 0 Å². The van der Waals surface area contributed by atoms with Crippen LogP contribution in [0.25, 0.3) is 0 Å². The molecule has 0 aliphatic heterocycles. The van der Waals surface area contributed by atoms with Crippen LogP contribution in [0, 0.1) is 12.3 Å². The first kappa shape index (κ1) is 13.4. The molecule has 0 heterocycles. The van der Waals surface area contributed by atoms with Crippen LogP contribution in [0.3, 0.4) is 0 Å². The maximum absolute atomic E-state index is 6.30. The lowest BCUT2D eigenvalue weighted by molar-refractivity contribution is -0.0901. The van der Waals surface area contributed by atoms with Crippen molar-refractivity contribution in [2.24, 2.45) is 11.1 Å². The highest BCUT2D eigenvalue weighted by molar-refractivity contribution is 9.10. The van der Waals surface area contributed by atoms with Gasteiger partial charge >= 0.3 is 0 Å². The second-order valence-corrected chi connectivity index (χ2v) is 7.03. The molecule has 2 nitrogen and oxygen atoms in total. The molecule has 2 aliphatic rings. The molecule has 0 radical (unpaired) electrons. The number of benzene rings is 1. The van der Waals surface area contributed by atoms with Crippen LogP contribution in [-0.4, -0.2) is 12.1 Å². The normalized spacial score (nSPS) is 29.0. The second-order valence-electron chi connectivity index (χ2n) is 6.18. The first-order valence-corrected chi connectivity index (χ1v) is 8.09. The minimum atomic E-state index is 0.253. The summed E-state index contributed by atoms with van der Waals surface area (Å²) >= 11 is 3.60. The minimum Gasteiger partial charge on any atom is -0.489 e. The van der Waals surface area contributed by atoms with Gasteiger partial charge in [-0.3, -0.25) is 0 Å². The molecule has 3 rings (SSSR count). The third-order valence-corrected chi connectivity index (χ3v) is 5.61. The van der Waals surface area contributed by atoms with Crippen molar-refractivity contribution in [2.45, 2.75) is 57.6 Å². The van der Waals surface area contributed by atoms with E-state index in [0.29, 0.717) is 12.1 Å². The fourth-order valence-electron chi connectivity index (χ4n) is 3.70. The number of rotatable bonds is 2. The van der Waals surface area contributed by atoms with E-state index in [4.69, 9.17) is 10.5 Å². The van der Waals surface area contributed by atoms with Gasteiger partial charge in [-0.05, 0) is 53.4 Å². The summed E-state index contributed by atoms with van der Waals surface area (Å²) in [5, 5.41) is 0. The van der Waals surface area contributed by atoms with Crippen LogP contribution in [0.4, 0.5) is 0 Å². The van der Waals surface area contributed by atoms with Crippen molar-refractivity contribution < 1.29 is 4.74 Å². The molecule has 2 unspecified atom stereocenters. The van der Waals surface area contributed by atoms with Crippen LogP contribution < -0.4 is 10.5 Å². The van der Waals surface area contributed by atoms with E-state index in [9.17, 15) is 0 Å². The zero-order chi connectivity index (χ0) is 13.5. The Labute approximate surface area is 123 Å². The van der Waals surface area contributed by atoms with Crippen LogP contribution >= 0.6 is 15.9 Å². The number of hydrogen-bond donors (Lipinski definition) is 1. The predicted octanol–water partition coefficient (Wildman–Crippen LogP) is 4.19. The van der Waals surface area contributed by atoms with Gasteiger partial charge in [0.25, 0.3) is 0 Å². The zero-order valence-electron chi connectivity index (χ0n) is 11.5. The Kier molecular flexibility index (Phi) is 3.61. The van der Waals surface area contributed by atoms with Gasteiger partial charge in [0, 0.05) is 17.9 Å². The molecule has 2 aliphatic carbocycles. The SMILES string of the molecule is Cc1ccc(OC2CC(N)C23CCCCC3)c(Br)c1. The van der Waals surface area contributed by atoms with E-state index >= 15 is 0 Å². The monoisotopic (exact) mass is 323 g/mol. The molecule has 3 heteroatoms. The summed E-state index contributed by atoms with van der Waals surface area (Å²) in [5.41, 5.74) is 7.80. The topological polar surface area (TPSA) is 35.2 Å². The number of ether oxygens (including phenoxy) is 1. The van der Waals surface area contributed by atoms with Gasteiger partial charge in [-0.2, -0.15) is 0 Å². The second kappa shape index (κ2) is 5.10. The van der Waals surface area contributed by atoms with Crippen LogP contribution in [-0.2, 0) is 0 Å². The maximum atomic E-state index is 6.30. The Balaban J connectivity index is 1.76. The third kappa shape index (κ3) is 2.31. The van der Waals surface area contributed by atoms with Crippen LogP contribution in [0.15, 0.2) is 22.7 Å². The highest BCUT2D eigenvalue weighted by atomic mass is 79.9. The van der Waals surface area contributed by atoms with E-state index in [0.717, 1.165) is 16.6 Å². The zero-order valence-corrected chi connectivity index (χ0v) is 13.1. The van der Waals surface area contributed by atoms with E-state index < -0.39 is 0 Å². The molecule has 19 heavy (non-hydrogen) atoms. The molecular weight excluding hydrogens is 302 g/mol. The third-order valence-electron chi connectivity index (χ3n) is 4.99. The van der Waals surface area contributed by atoms with Gasteiger partial charge in [0.2, 0.25) is 0 Å². The minimum absolute atomic E-state index is 0.253. The largest absolute Gasteiger partial charge is 0.489 e. The van der Waals surface area contributed by atoms with Crippen molar-refractivity contribution in [3.63, 3.8) is 0 Å². The highest BCUT2D eigenvalue weighted by Crippen LogP contribution is 2.52. The number of nitrogens with two attached hydrogens (primary N) is 1. The lowest BCUT2D eigenvalue weighted by atomic mass is 9.55. The Morgan fingerprint density at radius 2 is 2.00 bits per heavy atom. The van der Waals surface area contributed by atoms with Crippen LogP contribution in [0.5, 0.6) is 5.75 Å². The number of aryl methyl sites for hydroxylation is 1. The van der Waals surface area contributed by atoms with Crippen molar-refractivity contribution in [1.29, 1.82) is 0 Å². The Hall–Kier alpha value is -0.540. The molecule has 1 aromatic rings. The van der Waals surface area contributed by atoms with Crippen molar-refractivity contribution >= 4 is 15.9 Å². The van der Waals surface area contributed by atoms with Gasteiger partial charge in [0.15, 0.2) is 0 Å². The fraction of sp³-hybridized carbons (Fsp3) is 0.625. The van der Waals surface area contributed by atoms with E-state index in [-0.39, 0.29) is 5.41 Å². The summed E-state index contributed by atoms with van der Waals surface area (Å²) in [7, 11) is 0. The number of hydrogen-bond acceptors (Lipinski definition) is 2. The molecule has 104 valence electrons. The highest BCUT2D eigenvalue weighted by Gasteiger charge is 2.54. The lowest BCUT2D eigenvalue weighted by Crippen LogP contribution is -2.64. The fourth-order valence-corrected chi connectivity index (χ4v) is 4.29. The van der Waals surface area contributed by atoms with E-state index in [2.05, 4.69) is 41.1 Å². The van der Waals surface area contributed by atoms with E-state index in [1.165, 1.54) is 37.7 Å². The van der Waals surface area contributed by atoms with Crippen molar-refractivity contribution in [3.05, 3.63) is 28.2 Å². The Morgan fingerprint density at radius 1 is 1.26 bits per heavy atom. The molecule has 0 bridgehead atoms. The summed E-state index contributed by atoms with van der Waals surface area (Å²) in [6.45, 7) is 2.09. The summed E-state index contributed by atoms with van der Waals surface area (Å²) in [4.78, 5) is 0. The predicted molar refractivity (Wildman–Crippen MR) is 81.4 cm³/mol. The van der Waals surface area contributed by atoms with Crippen molar-refractivity contribution in [1.82, 2.24) is 0 Å². The molecule has 0 saturated heterocycles. The standard InChI is InChI=1S/C16H22BrNO/c1-11-5-6-13(12(17)9-11)19-15-10-14(18)16(15)7-3-2-4-8-16/h5-6,9,14-15H,2-4,7-8,10,18H2,1H3. The molecule has 1 aromatic carbocycles. The Morgan fingerprint density at radius 3 is 2.63 bits per heavy atom. The van der Waals surface area contributed by atoms with E-state index in [1.54, 1.807) is 0 Å². The molecule has 2 atom stereocenters. The summed E-state index contributed by atoms with van der Waals surface area (Å²) < 4.78 is 7.33. The average Bonchev–Trinajstić information content (AvgIpc) is 2.42. The van der Waals surface area contributed by atoms with Crippen LogP contribution in [0.1, 0.15) is 44.1 Å². The number of halogens is 1. The lowest BCUT2D eigenvalue weighted by Gasteiger charge is -2.56. The van der Waals surface area contributed by atoms with E-state index in [1.807, 2.05) is 0 Å².